The van der Waals surface area contributed by atoms with Gasteiger partial charge < -0.3 is 5.73 Å². The lowest BCUT2D eigenvalue weighted by Gasteiger charge is -2.27. The zero-order valence-electron chi connectivity index (χ0n) is 11.4. The third-order valence-corrected chi connectivity index (χ3v) is 5.45. The molecule has 2 rings (SSSR count). The monoisotopic (exact) mass is 317 g/mol. The van der Waals surface area contributed by atoms with E-state index in [2.05, 4.69) is 0 Å². The van der Waals surface area contributed by atoms with Crippen molar-refractivity contribution in [2.45, 2.75) is 36.6 Å². The van der Waals surface area contributed by atoms with E-state index in [1.54, 1.807) is 0 Å². The predicted octanol–water partition coefficient (Wildman–Crippen LogP) is 1.83. The van der Waals surface area contributed by atoms with Gasteiger partial charge in [-0.1, -0.05) is 12.8 Å². The predicted molar refractivity (Wildman–Crippen MR) is 74.4 cm³/mol. The third kappa shape index (κ3) is 3.38. The summed E-state index contributed by atoms with van der Waals surface area (Å²) in [5.74, 6) is -2.61. The molecule has 0 aliphatic heterocycles. The van der Waals surface area contributed by atoms with Crippen LogP contribution < -0.4 is 5.73 Å². The summed E-state index contributed by atoms with van der Waals surface area (Å²) in [6.45, 7) is -0.244. The van der Waals surface area contributed by atoms with E-state index in [-0.39, 0.29) is 23.3 Å². The SMILES string of the molecule is N=C(N)CN(C1CCCC1)S(=O)(=O)c1ccc(F)c(F)c1. The second-order valence-corrected chi connectivity index (χ2v) is 6.98. The molecule has 0 atom stereocenters. The lowest BCUT2D eigenvalue weighted by molar-refractivity contribution is 0.353. The molecule has 1 fully saturated rings. The van der Waals surface area contributed by atoms with Gasteiger partial charge in [0.15, 0.2) is 11.6 Å². The minimum absolute atomic E-state index is 0.244. The molecule has 5 nitrogen and oxygen atoms in total. The van der Waals surface area contributed by atoms with Crippen LogP contribution in [0.5, 0.6) is 0 Å². The molecule has 1 aromatic carbocycles. The number of rotatable bonds is 5. The molecule has 3 N–H and O–H groups in total. The molecular weight excluding hydrogens is 300 g/mol. The van der Waals surface area contributed by atoms with Crippen LogP contribution in [0.15, 0.2) is 23.1 Å². The molecule has 0 saturated heterocycles. The van der Waals surface area contributed by atoms with Crippen molar-refractivity contribution in [2.24, 2.45) is 5.73 Å². The summed E-state index contributed by atoms with van der Waals surface area (Å²) in [5.41, 5.74) is 5.33. The van der Waals surface area contributed by atoms with Crippen molar-refractivity contribution >= 4 is 15.9 Å². The number of sulfonamides is 1. The van der Waals surface area contributed by atoms with Crippen molar-refractivity contribution in [1.29, 1.82) is 5.41 Å². The molecule has 116 valence electrons. The highest BCUT2D eigenvalue weighted by Gasteiger charge is 2.34. The van der Waals surface area contributed by atoms with Crippen molar-refractivity contribution in [3.63, 3.8) is 0 Å². The van der Waals surface area contributed by atoms with Crippen molar-refractivity contribution in [2.75, 3.05) is 6.54 Å². The van der Waals surface area contributed by atoms with Gasteiger partial charge in [0, 0.05) is 6.04 Å². The number of amidine groups is 1. The fourth-order valence-electron chi connectivity index (χ4n) is 2.54. The smallest absolute Gasteiger partial charge is 0.243 e. The Bertz CT molecular complexity index is 643. The average Bonchev–Trinajstić information content (AvgIpc) is 2.92. The number of nitrogens with two attached hydrogens (primary N) is 1. The van der Waals surface area contributed by atoms with Crippen LogP contribution in [0.2, 0.25) is 0 Å². The minimum Gasteiger partial charge on any atom is -0.387 e. The first kappa shape index (κ1) is 15.8. The molecule has 1 aliphatic carbocycles. The van der Waals surface area contributed by atoms with Crippen LogP contribution in [0.1, 0.15) is 25.7 Å². The van der Waals surface area contributed by atoms with Gasteiger partial charge >= 0.3 is 0 Å². The number of benzene rings is 1. The molecule has 0 radical (unpaired) electrons. The highest BCUT2D eigenvalue weighted by molar-refractivity contribution is 7.89. The van der Waals surface area contributed by atoms with Gasteiger partial charge in [-0.15, -0.1) is 0 Å². The zero-order valence-corrected chi connectivity index (χ0v) is 12.2. The van der Waals surface area contributed by atoms with E-state index in [0.29, 0.717) is 18.9 Å². The molecule has 0 bridgehead atoms. The summed E-state index contributed by atoms with van der Waals surface area (Å²) in [7, 11) is -4.01. The molecule has 0 aromatic heterocycles. The van der Waals surface area contributed by atoms with Crippen LogP contribution >= 0.6 is 0 Å². The molecule has 1 saturated carbocycles. The highest BCUT2D eigenvalue weighted by atomic mass is 32.2. The molecule has 0 heterocycles. The van der Waals surface area contributed by atoms with Gasteiger partial charge in [-0.2, -0.15) is 4.31 Å². The summed E-state index contributed by atoms with van der Waals surface area (Å²) in [6, 6.07) is 2.21. The third-order valence-electron chi connectivity index (χ3n) is 3.56. The average molecular weight is 317 g/mol. The van der Waals surface area contributed by atoms with Gasteiger partial charge in [-0.25, -0.2) is 17.2 Å². The van der Waals surface area contributed by atoms with Gasteiger partial charge in [-0.05, 0) is 31.0 Å². The lowest BCUT2D eigenvalue weighted by atomic mass is 10.2. The largest absolute Gasteiger partial charge is 0.387 e. The summed E-state index contributed by atoms with van der Waals surface area (Å²) in [4.78, 5) is -0.324. The van der Waals surface area contributed by atoms with E-state index in [1.807, 2.05) is 0 Å². The topological polar surface area (TPSA) is 87.2 Å². The van der Waals surface area contributed by atoms with Gasteiger partial charge in [-0.3, -0.25) is 5.41 Å². The maximum absolute atomic E-state index is 13.3. The Morgan fingerprint density at radius 2 is 1.90 bits per heavy atom. The number of nitrogens with zero attached hydrogens (tertiary/aromatic N) is 1. The van der Waals surface area contributed by atoms with Gasteiger partial charge in [0.05, 0.1) is 11.4 Å². The summed E-state index contributed by atoms with van der Waals surface area (Å²) >= 11 is 0. The van der Waals surface area contributed by atoms with E-state index in [1.165, 1.54) is 0 Å². The molecule has 1 aliphatic rings. The summed E-state index contributed by atoms with van der Waals surface area (Å²) in [5, 5.41) is 7.35. The van der Waals surface area contributed by atoms with E-state index >= 15 is 0 Å². The Balaban J connectivity index is 2.40. The number of halogens is 2. The first-order valence-electron chi connectivity index (χ1n) is 6.62. The maximum Gasteiger partial charge on any atom is 0.243 e. The summed E-state index contributed by atoms with van der Waals surface area (Å²) in [6.07, 6.45) is 3.14. The number of hydrogen-bond donors (Lipinski definition) is 2. The normalized spacial score (nSPS) is 16.5. The van der Waals surface area contributed by atoms with Crippen LogP contribution in [-0.2, 0) is 10.0 Å². The molecule has 1 aromatic rings. The quantitative estimate of drug-likeness (QED) is 0.641. The Morgan fingerprint density at radius 3 is 2.43 bits per heavy atom. The van der Waals surface area contributed by atoms with E-state index in [4.69, 9.17) is 11.1 Å². The second kappa shape index (κ2) is 6.07. The second-order valence-electron chi connectivity index (χ2n) is 5.09. The first-order chi connectivity index (χ1) is 9.82. The number of hydrogen-bond acceptors (Lipinski definition) is 3. The van der Waals surface area contributed by atoms with Gasteiger partial charge in [0.1, 0.15) is 5.84 Å². The highest BCUT2D eigenvalue weighted by Crippen LogP contribution is 2.28. The maximum atomic E-state index is 13.3. The number of nitrogens with one attached hydrogen (secondary N) is 1. The van der Waals surface area contributed by atoms with Crippen LogP contribution in [0.4, 0.5) is 8.78 Å². The van der Waals surface area contributed by atoms with E-state index in [9.17, 15) is 17.2 Å². The Kier molecular flexibility index (Phi) is 4.58. The lowest BCUT2D eigenvalue weighted by Crippen LogP contribution is -2.43. The molecule has 0 amide bonds. The molecule has 0 unspecified atom stereocenters. The van der Waals surface area contributed by atoms with Crippen LogP contribution in [0.3, 0.4) is 0 Å². The minimum atomic E-state index is -4.01. The van der Waals surface area contributed by atoms with Crippen LogP contribution in [-0.4, -0.2) is 31.1 Å². The Hall–Kier alpha value is -1.54. The molecule has 0 spiro atoms. The molecule has 21 heavy (non-hydrogen) atoms. The van der Waals surface area contributed by atoms with Crippen molar-refractivity contribution in [3.05, 3.63) is 29.8 Å². The molecule has 8 heteroatoms. The van der Waals surface area contributed by atoms with Crippen molar-refractivity contribution < 1.29 is 17.2 Å². The standard InChI is InChI=1S/C13H17F2N3O2S/c14-11-6-5-10(7-12(11)15)21(19,20)18(8-13(16)17)9-3-1-2-4-9/h5-7,9H,1-4,8H2,(H3,16,17). The van der Waals surface area contributed by atoms with Gasteiger partial charge in [0.25, 0.3) is 0 Å². The summed E-state index contributed by atoms with van der Waals surface area (Å²) < 4.78 is 52.6. The first-order valence-corrected chi connectivity index (χ1v) is 8.06. The van der Waals surface area contributed by atoms with Crippen molar-refractivity contribution in [1.82, 2.24) is 4.31 Å². The Morgan fingerprint density at radius 1 is 1.29 bits per heavy atom. The van der Waals surface area contributed by atoms with Crippen LogP contribution in [0, 0.1) is 17.0 Å². The zero-order chi connectivity index (χ0) is 15.6. The van der Waals surface area contributed by atoms with Crippen LogP contribution in [0.25, 0.3) is 0 Å². The van der Waals surface area contributed by atoms with E-state index < -0.39 is 21.7 Å². The fourth-order valence-corrected chi connectivity index (χ4v) is 4.22. The van der Waals surface area contributed by atoms with E-state index in [0.717, 1.165) is 29.3 Å². The molecular formula is C13H17F2N3O2S. The fraction of sp³-hybridized carbons (Fsp3) is 0.462. The Labute approximate surface area is 122 Å². The van der Waals surface area contributed by atoms with Crippen molar-refractivity contribution in [3.8, 4) is 0 Å². The van der Waals surface area contributed by atoms with Gasteiger partial charge in [0.2, 0.25) is 10.0 Å².